The summed E-state index contributed by atoms with van der Waals surface area (Å²) in [4.78, 5) is 18.1. The molecule has 0 radical (unpaired) electrons. The van der Waals surface area contributed by atoms with Crippen LogP contribution in [0.25, 0.3) is 11.3 Å². The fourth-order valence-corrected chi connectivity index (χ4v) is 5.16. The van der Waals surface area contributed by atoms with Crippen molar-refractivity contribution in [2.75, 3.05) is 57.4 Å². The van der Waals surface area contributed by atoms with Crippen LogP contribution in [0.2, 0.25) is 0 Å². The number of nitrogens with one attached hydrogen (secondary N) is 1. The fraction of sp³-hybridized carbons (Fsp3) is 0.565. The molecule has 31 heavy (non-hydrogen) atoms. The number of ether oxygens (including phenoxy) is 1. The van der Waals surface area contributed by atoms with E-state index in [-0.39, 0.29) is 23.7 Å². The van der Waals surface area contributed by atoms with E-state index in [9.17, 15) is 4.79 Å². The smallest absolute Gasteiger partial charge is 0.261 e. The van der Waals surface area contributed by atoms with Crippen molar-refractivity contribution in [2.24, 2.45) is 5.41 Å². The molecule has 0 saturated carbocycles. The van der Waals surface area contributed by atoms with Gasteiger partial charge in [0.05, 0.1) is 13.2 Å². The average molecular weight is 447 g/mol. The first-order valence-corrected chi connectivity index (χ1v) is 11.1. The topological polar surface area (TPSA) is 70.8 Å². The summed E-state index contributed by atoms with van der Waals surface area (Å²) in [7, 11) is 0. The Balaban J connectivity index is 0.00000231. The molecule has 1 aromatic heterocycles. The number of rotatable bonds is 3. The molecule has 2 aromatic rings. The molecule has 3 aliphatic rings. The summed E-state index contributed by atoms with van der Waals surface area (Å²) in [5.74, 6) is 1.29. The van der Waals surface area contributed by atoms with E-state index in [0.29, 0.717) is 30.4 Å². The first kappa shape index (κ1) is 22.1. The summed E-state index contributed by atoms with van der Waals surface area (Å²) in [6.45, 7) is 6.44. The van der Waals surface area contributed by atoms with Gasteiger partial charge in [0, 0.05) is 31.7 Å². The maximum Gasteiger partial charge on any atom is 0.261 e. The molecule has 0 unspecified atom stereocenters. The van der Waals surface area contributed by atoms with E-state index < -0.39 is 0 Å². The Labute approximate surface area is 189 Å². The zero-order chi connectivity index (χ0) is 20.4. The minimum atomic E-state index is 0. The molecule has 5 rings (SSSR count). The van der Waals surface area contributed by atoms with Gasteiger partial charge in [-0.15, -0.1) is 12.4 Å². The van der Waals surface area contributed by atoms with E-state index in [1.54, 1.807) is 0 Å². The lowest BCUT2D eigenvalue weighted by atomic mass is 9.73. The number of amides is 1. The molecule has 0 aliphatic carbocycles. The quantitative estimate of drug-likeness (QED) is 0.780. The maximum atomic E-state index is 13.9. The summed E-state index contributed by atoms with van der Waals surface area (Å²) >= 11 is 0. The van der Waals surface area contributed by atoms with Crippen molar-refractivity contribution in [3.05, 3.63) is 35.9 Å². The number of carbonyl (C=O) groups excluding carboxylic acids is 1. The Kier molecular flexibility index (Phi) is 6.84. The standard InChI is InChI=1S/C23H30N4O3.ClH/c28-22(27-12-4-7-23(17-27)8-10-24-11-9-23)19-20(18-5-2-1-3-6-18)30-25-21(19)26-13-15-29-16-14-26;/h1-3,5-6,24H,4,7-17H2;1H. The molecule has 0 atom stereocenters. The van der Waals surface area contributed by atoms with Crippen LogP contribution in [0.5, 0.6) is 0 Å². The van der Waals surface area contributed by atoms with Crippen molar-refractivity contribution in [3.8, 4) is 11.3 Å². The molecule has 3 saturated heterocycles. The van der Waals surface area contributed by atoms with Gasteiger partial charge in [0.2, 0.25) is 0 Å². The third-order valence-electron chi connectivity index (χ3n) is 6.85. The number of hydrogen-bond donors (Lipinski definition) is 1. The minimum absolute atomic E-state index is 0. The van der Waals surface area contributed by atoms with E-state index in [4.69, 9.17) is 9.26 Å². The molecular weight excluding hydrogens is 416 g/mol. The molecule has 1 aromatic carbocycles. The first-order valence-electron chi connectivity index (χ1n) is 11.1. The van der Waals surface area contributed by atoms with Crippen LogP contribution in [0, 0.1) is 5.41 Å². The number of aromatic nitrogens is 1. The summed E-state index contributed by atoms with van der Waals surface area (Å²) in [5, 5.41) is 7.84. The lowest BCUT2D eigenvalue weighted by Gasteiger charge is -2.45. The van der Waals surface area contributed by atoms with E-state index in [0.717, 1.165) is 64.1 Å². The molecule has 3 aliphatic heterocycles. The van der Waals surface area contributed by atoms with Crippen LogP contribution in [0.4, 0.5) is 5.82 Å². The summed E-state index contributed by atoms with van der Waals surface area (Å²) in [5.41, 5.74) is 1.75. The fourth-order valence-electron chi connectivity index (χ4n) is 5.16. The number of benzene rings is 1. The van der Waals surface area contributed by atoms with Gasteiger partial charge in [-0.05, 0) is 44.2 Å². The number of likely N-dealkylation sites (tertiary alicyclic amines) is 1. The molecule has 3 fully saturated rings. The second kappa shape index (κ2) is 9.59. The van der Waals surface area contributed by atoms with Crippen LogP contribution in [0.3, 0.4) is 0 Å². The number of hydrogen-bond acceptors (Lipinski definition) is 6. The van der Waals surface area contributed by atoms with Crippen molar-refractivity contribution in [2.45, 2.75) is 25.7 Å². The summed E-state index contributed by atoms with van der Waals surface area (Å²) < 4.78 is 11.3. The number of nitrogens with zero attached hydrogens (tertiary/aromatic N) is 3. The average Bonchev–Trinajstić information content (AvgIpc) is 3.25. The predicted molar refractivity (Wildman–Crippen MR) is 122 cm³/mol. The number of morpholine rings is 1. The van der Waals surface area contributed by atoms with Crippen LogP contribution in [-0.2, 0) is 4.74 Å². The molecule has 7 nitrogen and oxygen atoms in total. The number of halogens is 1. The first-order chi connectivity index (χ1) is 14.8. The molecule has 4 heterocycles. The van der Waals surface area contributed by atoms with Gasteiger partial charge in [-0.25, -0.2) is 0 Å². The molecule has 1 N–H and O–H groups in total. The molecule has 1 amide bonds. The molecule has 0 bridgehead atoms. The lowest BCUT2D eigenvalue weighted by molar-refractivity contribution is 0.0411. The van der Waals surface area contributed by atoms with Gasteiger partial charge in [-0.2, -0.15) is 0 Å². The highest BCUT2D eigenvalue weighted by atomic mass is 35.5. The Hall–Kier alpha value is -2.09. The SMILES string of the molecule is Cl.O=C(c1c(N2CCOCC2)noc1-c1ccccc1)N1CCCC2(CCNCC2)C1. The molecular formula is C23H31ClN4O3. The van der Waals surface area contributed by atoms with Crippen molar-refractivity contribution in [1.29, 1.82) is 0 Å². The van der Waals surface area contributed by atoms with E-state index in [2.05, 4.69) is 20.3 Å². The van der Waals surface area contributed by atoms with Gasteiger partial charge in [-0.1, -0.05) is 35.5 Å². The number of anilines is 1. The van der Waals surface area contributed by atoms with Crippen molar-refractivity contribution in [3.63, 3.8) is 0 Å². The number of carbonyl (C=O) groups is 1. The molecule has 8 heteroatoms. The second-order valence-electron chi connectivity index (χ2n) is 8.76. The van der Waals surface area contributed by atoms with Gasteiger partial charge in [-0.3, -0.25) is 4.79 Å². The maximum absolute atomic E-state index is 13.9. The lowest BCUT2D eigenvalue weighted by Crippen LogP contribution is -2.50. The normalized spacial score (nSPS) is 21.0. The van der Waals surface area contributed by atoms with E-state index in [1.165, 1.54) is 6.42 Å². The van der Waals surface area contributed by atoms with Gasteiger partial charge in [0.15, 0.2) is 11.6 Å². The minimum Gasteiger partial charge on any atom is -0.378 e. The Morgan fingerprint density at radius 1 is 1.03 bits per heavy atom. The van der Waals surface area contributed by atoms with Crippen LogP contribution in [-0.4, -0.2) is 68.4 Å². The van der Waals surface area contributed by atoms with Crippen LogP contribution >= 0.6 is 12.4 Å². The third kappa shape index (κ3) is 4.45. The largest absolute Gasteiger partial charge is 0.378 e. The van der Waals surface area contributed by atoms with Gasteiger partial charge < -0.3 is 24.4 Å². The Morgan fingerprint density at radius 3 is 2.52 bits per heavy atom. The monoisotopic (exact) mass is 446 g/mol. The third-order valence-corrected chi connectivity index (χ3v) is 6.85. The van der Waals surface area contributed by atoms with Gasteiger partial charge >= 0.3 is 0 Å². The van der Waals surface area contributed by atoms with Crippen LogP contribution in [0.15, 0.2) is 34.9 Å². The zero-order valence-corrected chi connectivity index (χ0v) is 18.7. The Morgan fingerprint density at radius 2 is 1.77 bits per heavy atom. The van der Waals surface area contributed by atoms with Gasteiger partial charge in [0.25, 0.3) is 5.91 Å². The number of piperidine rings is 2. The summed E-state index contributed by atoms with van der Waals surface area (Å²) in [6.07, 6.45) is 4.55. The highest BCUT2D eigenvalue weighted by Gasteiger charge is 2.40. The van der Waals surface area contributed by atoms with Crippen LogP contribution in [0.1, 0.15) is 36.0 Å². The predicted octanol–water partition coefficient (Wildman–Crippen LogP) is 3.21. The van der Waals surface area contributed by atoms with Gasteiger partial charge in [0.1, 0.15) is 5.56 Å². The highest BCUT2D eigenvalue weighted by molar-refractivity contribution is 6.04. The highest BCUT2D eigenvalue weighted by Crippen LogP contribution is 2.40. The van der Waals surface area contributed by atoms with E-state index >= 15 is 0 Å². The second-order valence-corrected chi connectivity index (χ2v) is 8.76. The van der Waals surface area contributed by atoms with Crippen molar-refractivity contribution in [1.82, 2.24) is 15.4 Å². The van der Waals surface area contributed by atoms with Crippen molar-refractivity contribution >= 4 is 24.1 Å². The molecule has 1 spiro atoms. The zero-order valence-electron chi connectivity index (χ0n) is 17.8. The molecule has 168 valence electrons. The van der Waals surface area contributed by atoms with Crippen molar-refractivity contribution < 1.29 is 14.1 Å². The van der Waals surface area contributed by atoms with E-state index in [1.807, 2.05) is 30.3 Å². The Bertz CT molecular complexity index is 871. The summed E-state index contributed by atoms with van der Waals surface area (Å²) in [6, 6.07) is 9.85. The van der Waals surface area contributed by atoms with Crippen LogP contribution < -0.4 is 10.2 Å².